The van der Waals surface area contributed by atoms with E-state index in [-0.39, 0.29) is 5.69 Å². The maximum Gasteiger partial charge on any atom is 0.354 e. The summed E-state index contributed by atoms with van der Waals surface area (Å²) in [5, 5.41) is 11.8. The maximum absolute atomic E-state index is 10.8. The van der Waals surface area contributed by atoms with Crippen molar-refractivity contribution in [2.45, 2.75) is 13.3 Å². The lowest BCUT2D eigenvalue weighted by Gasteiger charge is -2.05. The van der Waals surface area contributed by atoms with Crippen LogP contribution in [0.1, 0.15) is 22.6 Å². The first-order valence-electron chi connectivity index (χ1n) is 4.95. The number of carboxylic acids is 1. The summed E-state index contributed by atoms with van der Waals surface area (Å²) in [5.41, 5.74) is 0.680. The Kier molecular flexibility index (Phi) is 5.04. The third-order valence-corrected chi connectivity index (χ3v) is 2.58. The van der Waals surface area contributed by atoms with Crippen molar-refractivity contribution in [1.82, 2.24) is 9.97 Å². The zero-order chi connectivity index (χ0) is 12.0. The van der Waals surface area contributed by atoms with Gasteiger partial charge in [-0.3, -0.25) is 0 Å². The first-order chi connectivity index (χ1) is 7.63. The number of anilines is 1. The zero-order valence-electron chi connectivity index (χ0n) is 9.36. The van der Waals surface area contributed by atoms with E-state index in [1.54, 1.807) is 18.7 Å². The number of aryl methyl sites for hydroxylation is 1. The molecule has 0 bridgehead atoms. The van der Waals surface area contributed by atoms with E-state index in [4.69, 9.17) is 5.11 Å². The van der Waals surface area contributed by atoms with Crippen LogP contribution in [0.5, 0.6) is 0 Å². The van der Waals surface area contributed by atoms with Crippen LogP contribution in [0.15, 0.2) is 6.07 Å². The van der Waals surface area contributed by atoms with Crippen LogP contribution in [0.25, 0.3) is 0 Å². The normalized spacial score (nSPS) is 10.1. The maximum atomic E-state index is 10.8. The number of aromatic carboxylic acids is 1. The number of hydrogen-bond acceptors (Lipinski definition) is 5. The van der Waals surface area contributed by atoms with Gasteiger partial charge in [0.25, 0.3) is 0 Å². The molecular weight excluding hydrogens is 226 g/mol. The molecule has 2 N–H and O–H groups in total. The van der Waals surface area contributed by atoms with Crippen LogP contribution in [0, 0.1) is 6.92 Å². The summed E-state index contributed by atoms with van der Waals surface area (Å²) in [4.78, 5) is 18.8. The van der Waals surface area contributed by atoms with Crippen LogP contribution >= 0.6 is 11.8 Å². The summed E-state index contributed by atoms with van der Waals surface area (Å²) in [6.45, 7) is 2.50. The summed E-state index contributed by atoms with van der Waals surface area (Å²) in [5.74, 6) is 0.418. The molecule has 88 valence electrons. The SMILES string of the molecule is CSCCCNc1nc(C)cc(C(=O)O)n1. The molecule has 0 radical (unpaired) electrons. The van der Waals surface area contributed by atoms with E-state index < -0.39 is 5.97 Å². The highest BCUT2D eigenvalue weighted by Gasteiger charge is 2.07. The molecule has 0 aromatic carbocycles. The lowest BCUT2D eigenvalue weighted by Crippen LogP contribution is -2.10. The fourth-order valence-corrected chi connectivity index (χ4v) is 1.61. The second-order valence-electron chi connectivity index (χ2n) is 3.30. The second-order valence-corrected chi connectivity index (χ2v) is 4.28. The highest BCUT2D eigenvalue weighted by molar-refractivity contribution is 7.98. The minimum absolute atomic E-state index is 0.0277. The van der Waals surface area contributed by atoms with E-state index in [0.717, 1.165) is 18.7 Å². The molecule has 1 aromatic heterocycles. The van der Waals surface area contributed by atoms with Gasteiger partial charge in [0.05, 0.1) is 0 Å². The summed E-state index contributed by atoms with van der Waals surface area (Å²) in [7, 11) is 0. The van der Waals surface area contributed by atoms with Gasteiger partial charge in [-0.05, 0) is 31.4 Å². The van der Waals surface area contributed by atoms with Gasteiger partial charge in [0.15, 0.2) is 5.69 Å². The number of nitrogens with one attached hydrogen (secondary N) is 1. The zero-order valence-corrected chi connectivity index (χ0v) is 10.2. The highest BCUT2D eigenvalue weighted by Crippen LogP contribution is 2.05. The molecular formula is C10H15N3O2S. The Balaban J connectivity index is 2.62. The minimum Gasteiger partial charge on any atom is -0.477 e. The molecule has 0 aliphatic carbocycles. The molecule has 0 fully saturated rings. The van der Waals surface area contributed by atoms with Crippen molar-refractivity contribution in [1.29, 1.82) is 0 Å². The van der Waals surface area contributed by atoms with E-state index in [1.165, 1.54) is 6.07 Å². The van der Waals surface area contributed by atoms with Crippen LogP contribution in [-0.2, 0) is 0 Å². The molecule has 0 aliphatic rings. The predicted molar refractivity (Wildman–Crippen MR) is 65.2 cm³/mol. The predicted octanol–water partition coefficient (Wildman–Crippen LogP) is 1.65. The van der Waals surface area contributed by atoms with Crippen molar-refractivity contribution in [2.24, 2.45) is 0 Å². The van der Waals surface area contributed by atoms with Crippen LogP contribution in [-0.4, -0.2) is 39.6 Å². The molecule has 1 aromatic rings. The topological polar surface area (TPSA) is 75.1 Å². The van der Waals surface area contributed by atoms with E-state index in [1.807, 2.05) is 6.26 Å². The number of rotatable bonds is 6. The molecule has 0 spiro atoms. The molecule has 0 amide bonds. The van der Waals surface area contributed by atoms with Crippen molar-refractivity contribution in [3.63, 3.8) is 0 Å². The van der Waals surface area contributed by atoms with Gasteiger partial charge in [0.1, 0.15) is 0 Å². The smallest absolute Gasteiger partial charge is 0.354 e. The van der Waals surface area contributed by atoms with Crippen molar-refractivity contribution in [2.75, 3.05) is 23.9 Å². The van der Waals surface area contributed by atoms with Gasteiger partial charge in [0.2, 0.25) is 5.95 Å². The first-order valence-corrected chi connectivity index (χ1v) is 6.34. The minimum atomic E-state index is -1.03. The van der Waals surface area contributed by atoms with Crippen LogP contribution in [0.2, 0.25) is 0 Å². The number of aromatic nitrogens is 2. The Bertz CT molecular complexity index is 371. The third-order valence-electron chi connectivity index (χ3n) is 1.88. The fourth-order valence-electron chi connectivity index (χ4n) is 1.17. The van der Waals surface area contributed by atoms with Crippen molar-refractivity contribution >= 4 is 23.7 Å². The van der Waals surface area contributed by atoms with Gasteiger partial charge in [0, 0.05) is 12.2 Å². The Morgan fingerprint density at radius 2 is 2.31 bits per heavy atom. The lowest BCUT2D eigenvalue weighted by atomic mass is 10.3. The number of hydrogen-bond donors (Lipinski definition) is 2. The summed E-state index contributed by atoms with van der Waals surface area (Å²) < 4.78 is 0. The molecule has 0 aliphatic heterocycles. The highest BCUT2D eigenvalue weighted by atomic mass is 32.2. The number of nitrogens with zero attached hydrogens (tertiary/aromatic N) is 2. The first kappa shape index (κ1) is 12.8. The molecule has 0 atom stereocenters. The summed E-state index contributed by atoms with van der Waals surface area (Å²) in [6, 6.07) is 1.45. The van der Waals surface area contributed by atoms with Gasteiger partial charge in [-0.1, -0.05) is 0 Å². The van der Waals surface area contributed by atoms with E-state index in [9.17, 15) is 4.79 Å². The van der Waals surface area contributed by atoms with E-state index >= 15 is 0 Å². The molecule has 5 nitrogen and oxygen atoms in total. The number of carboxylic acid groups (broad SMARTS) is 1. The van der Waals surface area contributed by atoms with Crippen molar-refractivity contribution in [3.05, 3.63) is 17.5 Å². The fraction of sp³-hybridized carbons (Fsp3) is 0.500. The lowest BCUT2D eigenvalue weighted by molar-refractivity contribution is 0.0690. The van der Waals surface area contributed by atoms with E-state index in [0.29, 0.717) is 11.6 Å². The Labute approximate surface area is 98.7 Å². The molecule has 6 heteroatoms. The molecule has 0 unspecified atom stereocenters. The molecule has 0 saturated heterocycles. The summed E-state index contributed by atoms with van der Waals surface area (Å²) >= 11 is 1.77. The van der Waals surface area contributed by atoms with Gasteiger partial charge in [-0.15, -0.1) is 0 Å². The Morgan fingerprint density at radius 1 is 1.56 bits per heavy atom. The van der Waals surface area contributed by atoms with Crippen LogP contribution in [0.3, 0.4) is 0 Å². The number of carbonyl (C=O) groups is 1. The van der Waals surface area contributed by atoms with Gasteiger partial charge in [-0.2, -0.15) is 11.8 Å². The van der Waals surface area contributed by atoms with Gasteiger partial charge < -0.3 is 10.4 Å². The Hall–Kier alpha value is -1.30. The van der Waals surface area contributed by atoms with Gasteiger partial charge >= 0.3 is 5.97 Å². The summed E-state index contributed by atoms with van der Waals surface area (Å²) in [6.07, 6.45) is 3.05. The molecule has 0 saturated carbocycles. The quantitative estimate of drug-likeness (QED) is 0.738. The van der Waals surface area contributed by atoms with E-state index in [2.05, 4.69) is 15.3 Å². The van der Waals surface area contributed by atoms with Gasteiger partial charge in [-0.25, -0.2) is 14.8 Å². The molecule has 1 heterocycles. The van der Waals surface area contributed by atoms with Crippen molar-refractivity contribution in [3.8, 4) is 0 Å². The molecule has 16 heavy (non-hydrogen) atoms. The average molecular weight is 241 g/mol. The largest absolute Gasteiger partial charge is 0.477 e. The standard InChI is InChI=1S/C10H15N3O2S/c1-7-6-8(9(14)15)13-10(12-7)11-4-3-5-16-2/h6H,3-5H2,1-2H3,(H,14,15)(H,11,12,13). The monoisotopic (exact) mass is 241 g/mol. The second kappa shape index (κ2) is 6.32. The van der Waals surface area contributed by atoms with Crippen molar-refractivity contribution < 1.29 is 9.90 Å². The average Bonchev–Trinajstić information content (AvgIpc) is 2.23. The molecule has 1 rings (SSSR count). The van der Waals surface area contributed by atoms with Crippen LogP contribution < -0.4 is 5.32 Å². The Morgan fingerprint density at radius 3 is 2.94 bits per heavy atom. The number of thioether (sulfide) groups is 1. The van der Waals surface area contributed by atoms with Crippen LogP contribution in [0.4, 0.5) is 5.95 Å². The third kappa shape index (κ3) is 4.06.